The second kappa shape index (κ2) is 5.58. The third-order valence-electron chi connectivity index (χ3n) is 3.68. The van der Waals surface area contributed by atoms with Gasteiger partial charge in [-0.3, -0.25) is 5.10 Å². The molecule has 1 fully saturated rings. The molecular formula is C16H13FN4OS. The van der Waals surface area contributed by atoms with Crippen molar-refractivity contribution in [2.24, 2.45) is 5.10 Å². The van der Waals surface area contributed by atoms with Gasteiger partial charge < -0.3 is 4.42 Å². The molecule has 0 amide bonds. The van der Waals surface area contributed by atoms with Gasteiger partial charge in [-0.15, -0.1) is 0 Å². The van der Waals surface area contributed by atoms with E-state index in [1.165, 1.54) is 6.07 Å². The Balaban J connectivity index is 1.62. The van der Waals surface area contributed by atoms with Crippen molar-refractivity contribution in [3.05, 3.63) is 58.6 Å². The molecule has 0 aliphatic heterocycles. The molecular weight excluding hydrogens is 315 g/mol. The summed E-state index contributed by atoms with van der Waals surface area (Å²) in [6.45, 7) is 0. The highest BCUT2D eigenvalue weighted by molar-refractivity contribution is 7.71. The first-order valence-electron chi connectivity index (χ1n) is 7.29. The van der Waals surface area contributed by atoms with Crippen LogP contribution in [0.1, 0.15) is 30.3 Å². The van der Waals surface area contributed by atoms with Crippen molar-refractivity contribution < 1.29 is 8.81 Å². The van der Waals surface area contributed by atoms with E-state index >= 15 is 0 Å². The molecule has 0 bridgehead atoms. The number of halogens is 1. The number of H-pyrrole nitrogens is 1. The van der Waals surface area contributed by atoms with E-state index in [2.05, 4.69) is 15.3 Å². The summed E-state index contributed by atoms with van der Waals surface area (Å²) < 4.78 is 21.5. The second-order valence-corrected chi connectivity index (χ2v) is 5.79. The molecule has 1 aromatic carbocycles. The van der Waals surface area contributed by atoms with Crippen LogP contribution in [-0.4, -0.2) is 21.1 Å². The predicted molar refractivity (Wildman–Crippen MR) is 86.5 cm³/mol. The monoisotopic (exact) mass is 328 g/mol. The Hall–Kier alpha value is -2.54. The van der Waals surface area contributed by atoms with Crippen molar-refractivity contribution in [1.82, 2.24) is 14.9 Å². The van der Waals surface area contributed by atoms with Crippen LogP contribution in [-0.2, 0) is 0 Å². The Morgan fingerprint density at radius 3 is 2.91 bits per heavy atom. The molecule has 1 N–H and O–H groups in total. The molecule has 0 saturated heterocycles. The lowest BCUT2D eigenvalue weighted by Crippen LogP contribution is -1.96. The first kappa shape index (κ1) is 14.1. The van der Waals surface area contributed by atoms with Gasteiger partial charge in [-0.2, -0.15) is 14.9 Å². The zero-order valence-electron chi connectivity index (χ0n) is 12.1. The number of hydrogen-bond donors (Lipinski definition) is 1. The third kappa shape index (κ3) is 2.75. The van der Waals surface area contributed by atoms with Crippen molar-refractivity contribution in [3.63, 3.8) is 0 Å². The highest BCUT2D eigenvalue weighted by Gasteiger charge is 2.29. The van der Waals surface area contributed by atoms with Crippen LogP contribution in [0, 0.1) is 10.6 Å². The smallest absolute Gasteiger partial charge is 0.216 e. The van der Waals surface area contributed by atoms with Gasteiger partial charge in [-0.25, -0.2) is 4.39 Å². The first-order chi connectivity index (χ1) is 11.2. The molecule has 1 saturated carbocycles. The minimum atomic E-state index is -0.321. The molecule has 116 valence electrons. The van der Waals surface area contributed by atoms with Crippen LogP contribution in [0.4, 0.5) is 4.39 Å². The summed E-state index contributed by atoms with van der Waals surface area (Å²) in [7, 11) is 0. The topological polar surface area (TPSA) is 59.1 Å². The number of aromatic amines is 1. The quantitative estimate of drug-likeness (QED) is 0.579. The molecule has 7 heteroatoms. The molecule has 0 radical (unpaired) electrons. The molecule has 1 aliphatic carbocycles. The van der Waals surface area contributed by atoms with Gasteiger partial charge in [0.1, 0.15) is 17.3 Å². The maximum absolute atomic E-state index is 13.8. The molecule has 5 nitrogen and oxygen atoms in total. The lowest BCUT2D eigenvalue weighted by Gasteiger charge is -1.98. The fourth-order valence-corrected chi connectivity index (χ4v) is 2.55. The number of aromatic nitrogens is 3. The van der Waals surface area contributed by atoms with Gasteiger partial charge in [0.2, 0.25) is 4.77 Å². The van der Waals surface area contributed by atoms with Crippen molar-refractivity contribution >= 4 is 18.4 Å². The van der Waals surface area contributed by atoms with Crippen molar-refractivity contribution in [3.8, 4) is 11.3 Å². The van der Waals surface area contributed by atoms with Gasteiger partial charge >= 0.3 is 0 Å². The fourth-order valence-electron chi connectivity index (χ4n) is 2.36. The highest BCUT2D eigenvalue weighted by atomic mass is 32.1. The van der Waals surface area contributed by atoms with Gasteiger partial charge in [-0.1, -0.05) is 12.1 Å². The molecule has 2 aromatic heterocycles. The normalized spacial score (nSPS) is 14.7. The maximum atomic E-state index is 13.8. The molecule has 0 spiro atoms. The van der Waals surface area contributed by atoms with Gasteiger partial charge in [-0.05, 0) is 49.3 Å². The first-order valence-corrected chi connectivity index (χ1v) is 7.69. The highest BCUT2D eigenvalue weighted by Crippen LogP contribution is 2.38. The summed E-state index contributed by atoms with van der Waals surface area (Å²) in [5.74, 6) is 1.92. The van der Waals surface area contributed by atoms with E-state index in [1.807, 2.05) is 0 Å². The lowest BCUT2D eigenvalue weighted by atomic mass is 10.1. The van der Waals surface area contributed by atoms with Crippen molar-refractivity contribution in [2.75, 3.05) is 0 Å². The minimum absolute atomic E-state index is 0.321. The maximum Gasteiger partial charge on any atom is 0.216 e. The molecule has 0 unspecified atom stereocenters. The molecule has 1 aliphatic rings. The second-order valence-electron chi connectivity index (χ2n) is 5.40. The Labute approximate surface area is 136 Å². The van der Waals surface area contributed by atoms with Gasteiger partial charge in [0.25, 0.3) is 0 Å². The number of rotatable bonds is 4. The Morgan fingerprint density at radius 2 is 2.13 bits per heavy atom. The van der Waals surface area contributed by atoms with E-state index in [4.69, 9.17) is 16.6 Å². The van der Waals surface area contributed by atoms with Crippen molar-refractivity contribution in [1.29, 1.82) is 0 Å². The van der Waals surface area contributed by atoms with Gasteiger partial charge in [0.05, 0.1) is 11.8 Å². The largest absolute Gasteiger partial charge is 0.455 e. The van der Waals surface area contributed by atoms with Crippen LogP contribution < -0.4 is 0 Å². The van der Waals surface area contributed by atoms with E-state index < -0.39 is 0 Å². The standard InChI is InChI=1S/C16H13FN4OS/c17-13-4-2-1-3-12(13)14-8-7-11(22-14)9-18-21-15(10-5-6-10)19-20-16(21)23/h1-4,7-10H,5-6H2,(H,20,23)/b18-9-. The SMILES string of the molecule is Fc1ccccc1-c1ccc(/C=N\n2c(C3CC3)n[nH]c2=S)o1. The summed E-state index contributed by atoms with van der Waals surface area (Å²) in [5, 5.41) is 11.3. The van der Waals surface area contributed by atoms with Gasteiger partial charge in [0, 0.05) is 5.92 Å². The van der Waals surface area contributed by atoms with Crippen molar-refractivity contribution in [2.45, 2.75) is 18.8 Å². The van der Waals surface area contributed by atoms with Crippen LogP contribution in [0.2, 0.25) is 0 Å². The number of nitrogens with one attached hydrogen (secondary N) is 1. The Bertz CT molecular complexity index is 935. The van der Waals surface area contributed by atoms with Crippen LogP contribution in [0.5, 0.6) is 0 Å². The number of hydrogen-bond acceptors (Lipinski definition) is 4. The number of benzene rings is 1. The molecule has 2 heterocycles. The van der Waals surface area contributed by atoms with E-state index in [0.717, 1.165) is 18.7 Å². The fraction of sp³-hybridized carbons (Fsp3) is 0.188. The average Bonchev–Trinajstić information content (AvgIpc) is 3.17. The lowest BCUT2D eigenvalue weighted by molar-refractivity contribution is 0.562. The summed E-state index contributed by atoms with van der Waals surface area (Å²) in [6, 6.07) is 9.94. The predicted octanol–water partition coefficient (Wildman–Crippen LogP) is 4.10. The van der Waals surface area contributed by atoms with E-state index in [1.54, 1.807) is 41.2 Å². The van der Waals surface area contributed by atoms with E-state index in [0.29, 0.717) is 27.8 Å². The summed E-state index contributed by atoms with van der Waals surface area (Å²) >= 11 is 5.19. The number of nitrogens with zero attached hydrogens (tertiary/aromatic N) is 3. The van der Waals surface area contributed by atoms with Crippen LogP contribution in [0.15, 0.2) is 45.9 Å². The van der Waals surface area contributed by atoms with E-state index in [9.17, 15) is 4.39 Å². The minimum Gasteiger partial charge on any atom is -0.455 e. The summed E-state index contributed by atoms with van der Waals surface area (Å²) in [6.07, 6.45) is 3.77. The zero-order valence-corrected chi connectivity index (χ0v) is 12.9. The Morgan fingerprint density at radius 1 is 1.30 bits per heavy atom. The summed E-state index contributed by atoms with van der Waals surface area (Å²) in [5.41, 5.74) is 0.422. The van der Waals surface area contributed by atoms with Crippen LogP contribution >= 0.6 is 12.2 Å². The molecule has 3 aromatic rings. The third-order valence-corrected chi connectivity index (χ3v) is 3.95. The zero-order chi connectivity index (χ0) is 15.8. The van der Waals surface area contributed by atoms with Crippen LogP contribution in [0.25, 0.3) is 11.3 Å². The van der Waals surface area contributed by atoms with Crippen LogP contribution in [0.3, 0.4) is 0 Å². The molecule has 4 rings (SSSR count). The molecule has 23 heavy (non-hydrogen) atoms. The Kier molecular flexibility index (Phi) is 3.42. The van der Waals surface area contributed by atoms with Gasteiger partial charge in [0.15, 0.2) is 5.82 Å². The average molecular weight is 328 g/mol. The van der Waals surface area contributed by atoms with E-state index in [-0.39, 0.29) is 5.82 Å². The number of furan rings is 1. The summed E-state index contributed by atoms with van der Waals surface area (Å²) in [4.78, 5) is 0. The molecule has 0 atom stereocenters.